The van der Waals surface area contributed by atoms with E-state index in [1.807, 2.05) is 13.8 Å². The number of anilines is 1. The summed E-state index contributed by atoms with van der Waals surface area (Å²) in [4.78, 5) is 12.3. The maximum absolute atomic E-state index is 12.3. The Labute approximate surface area is 134 Å². The zero-order valence-electron chi connectivity index (χ0n) is 13.0. The summed E-state index contributed by atoms with van der Waals surface area (Å²) in [7, 11) is 0. The lowest BCUT2D eigenvalue weighted by Crippen LogP contribution is -2.32. The molecule has 2 aliphatic rings. The van der Waals surface area contributed by atoms with Crippen molar-refractivity contribution in [3.05, 3.63) is 21.0 Å². The van der Waals surface area contributed by atoms with Crippen LogP contribution in [-0.4, -0.2) is 15.8 Å². The molecule has 0 radical (unpaired) electrons. The lowest BCUT2D eigenvalue weighted by molar-refractivity contribution is 0.304. The number of aromatic nitrogens is 2. The second-order valence-electron chi connectivity index (χ2n) is 6.99. The number of nitrogens with one attached hydrogen (secondary N) is 1. The van der Waals surface area contributed by atoms with Gasteiger partial charge in [0.05, 0.1) is 17.9 Å². The largest absolute Gasteiger partial charge is 0.380 e. The molecule has 2 aliphatic carbocycles. The second kappa shape index (κ2) is 5.75. The molecule has 1 heterocycles. The van der Waals surface area contributed by atoms with Gasteiger partial charge in [-0.1, -0.05) is 6.42 Å². The van der Waals surface area contributed by atoms with Gasteiger partial charge in [-0.3, -0.25) is 4.79 Å². The highest BCUT2D eigenvalue weighted by Crippen LogP contribution is 2.49. The van der Waals surface area contributed by atoms with E-state index in [4.69, 9.17) is 0 Å². The molecule has 1 aromatic heterocycles. The summed E-state index contributed by atoms with van der Waals surface area (Å²) in [5.74, 6) is 2.56. The van der Waals surface area contributed by atoms with Crippen molar-refractivity contribution >= 4 is 21.6 Å². The molecule has 2 saturated carbocycles. The van der Waals surface area contributed by atoms with E-state index in [2.05, 4.69) is 33.3 Å². The van der Waals surface area contributed by atoms with Gasteiger partial charge in [0, 0.05) is 6.04 Å². The minimum Gasteiger partial charge on any atom is -0.380 e. The van der Waals surface area contributed by atoms with Crippen molar-refractivity contribution in [2.24, 2.45) is 17.8 Å². The highest BCUT2D eigenvalue weighted by Gasteiger charge is 2.41. The first-order valence-corrected chi connectivity index (χ1v) is 8.80. The lowest BCUT2D eigenvalue weighted by atomic mass is 9.84. The van der Waals surface area contributed by atoms with Gasteiger partial charge in [-0.15, -0.1) is 0 Å². The Morgan fingerprint density at radius 3 is 2.67 bits per heavy atom. The van der Waals surface area contributed by atoms with Crippen LogP contribution in [0.1, 0.15) is 52.5 Å². The van der Waals surface area contributed by atoms with Gasteiger partial charge in [0.15, 0.2) is 0 Å². The van der Waals surface area contributed by atoms with E-state index >= 15 is 0 Å². The molecule has 0 aromatic carbocycles. The Hall–Kier alpha value is -0.840. The molecular formula is C16H24BrN3O. The fourth-order valence-corrected chi connectivity index (χ4v) is 4.57. The average molecular weight is 354 g/mol. The molecule has 1 N–H and O–H groups in total. The Bertz CT molecular complexity index is 583. The van der Waals surface area contributed by atoms with E-state index in [1.165, 1.54) is 30.4 Å². The van der Waals surface area contributed by atoms with Crippen LogP contribution >= 0.6 is 15.9 Å². The molecule has 4 unspecified atom stereocenters. The van der Waals surface area contributed by atoms with Crippen LogP contribution in [0.25, 0.3) is 0 Å². The van der Waals surface area contributed by atoms with Crippen molar-refractivity contribution in [1.29, 1.82) is 0 Å². The van der Waals surface area contributed by atoms with E-state index in [0.29, 0.717) is 10.5 Å². The van der Waals surface area contributed by atoms with Crippen LogP contribution in [0, 0.1) is 17.8 Å². The van der Waals surface area contributed by atoms with Gasteiger partial charge in [-0.2, -0.15) is 5.10 Å². The fraction of sp³-hybridized carbons (Fsp3) is 0.750. The molecular weight excluding hydrogens is 330 g/mol. The maximum atomic E-state index is 12.3. The molecule has 0 spiro atoms. The number of rotatable bonds is 4. The van der Waals surface area contributed by atoms with Gasteiger partial charge in [0.1, 0.15) is 4.47 Å². The first-order chi connectivity index (χ1) is 9.97. The predicted octanol–water partition coefficient (Wildman–Crippen LogP) is 3.82. The fourth-order valence-electron chi connectivity index (χ4n) is 4.17. The van der Waals surface area contributed by atoms with E-state index in [1.54, 1.807) is 6.20 Å². The number of halogens is 1. The predicted molar refractivity (Wildman–Crippen MR) is 88.6 cm³/mol. The third-order valence-corrected chi connectivity index (χ3v) is 6.02. The normalized spacial score (nSPS) is 29.1. The maximum Gasteiger partial charge on any atom is 0.283 e. The van der Waals surface area contributed by atoms with Gasteiger partial charge in [-0.05, 0) is 73.7 Å². The minimum atomic E-state index is -0.0601. The topological polar surface area (TPSA) is 46.9 Å². The molecule has 0 saturated heterocycles. The van der Waals surface area contributed by atoms with Gasteiger partial charge < -0.3 is 5.32 Å². The summed E-state index contributed by atoms with van der Waals surface area (Å²) in [6.07, 6.45) is 7.33. The van der Waals surface area contributed by atoms with Gasteiger partial charge in [-0.25, -0.2) is 4.68 Å². The Kier molecular flexibility index (Phi) is 4.12. The van der Waals surface area contributed by atoms with Gasteiger partial charge in [0.25, 0.3) is 5.56 Å². The van der Waals surface area contributed by atoms with Crippen LogP contribution < -0.4 is 10.9 Å². The zero-order valence-corrected chi connectivity index (χ0v) is 14.6. The zero-order chi connectivity index (χ0) is 15.1. The molecule has 2 fully saturated rings. The smallest absolute Gasteiger partial charge is 0.283 e. The van der Waals surface area contributed by atoms with Crippen molar-refractivity contribution in [3.63, 3.8) is 0 Å². The van der Waals surface area contributed by atoms with Crippen LogP contribution in [0.3, 0.4) is 0 Å². The van der Waals surface area contributed by atoms with Crippen LogP contribution in [0.2, 0.25) is 0 Å². The molecule has 1 aromatic rings. The third kappa shape index (κ3) is 2.77. The Morgan fingerprint density at radius 1 is 1.33 bits per heavy atom. The summed E-state index contributed by atoms with van der Waals surface area (Å²) in [6.45, 7) is 6.17. The molecule has 0 aliphatic heterocycles. The molecule has 4 nitrogen and oxygen atoms in total. The van der Waals surface area contributed by atoms with Crippen LogP contribution in [0.5, 0.6) is 0 Å². The highest BCUT2D eigenvalue weighted by atomic mass is 79.9. The number of hydrogen-bond donors (Lipinski definition) is 1. The molecule has 5 heteroatoms. The standard InChI is InChI=1S/C16H24BrN3O/c1-9(2)20-16(21)15(17)14(8-18-20)19-10(3)13-7-11-4-5-12(13)6-11/h8-13,19H,4-7H2,1-3H3. The van der Waals surface area contributed by atoms with Crippen molar-refractivity contribution in [1.82, 2.24) is 9.78 Å². The second-order valence-corrected chi connectivity index (χ2v) is 7.78. The average Bonchev–Trinajstić information content (AvgIpc) is 3.06. The van der Waals surface area contributed by atoms with E-state index in [9.17, 15) is 4.79 Å². The molecule has 2 bridgehead atoms. The lowest BCUT2D eigenvalue weighted by Gasteiger charge is -2.29. The molecule has 3 rings (SSSR count). The first-order valence-electron chi connectivity index (χ1n) is 8.01. The molecule has 4 atom stereocenters. The summed E-state index contributed by atoms with van der Waals surface area (Å²) < 4.78 is 2.11. The van der Waals surface area contributed by atoms with Crippen molar-refractivity contribution in [2.45, 2.75) is 58.5 Å². The third-order valence-electron chi connectivity index (χ3n) is 5.25. The van der Waals surface area contributed by atoms with E-state index < -0.39 is 0 Å². The van der Waals surface area contributed by atoms with Crippen molar-refractivity contribution < 1.29 is 0 Å². The van der Waals surface area contributed by atoms with Gasteiger partial charge >= 0.3 is 0 Å². The van der Waals surface area contributed by atoms with Crippen LogP contribution in [0.4, 0.5) is 5.69 Å². The van der Waals surface area contributed by atoms with E-state index in [0.717, 1.165) is 23.4 Å². The number of fused-ring (bicyclic) bond motifs is 2. The van der Waals surface area contributed by atoms with Crippen LogP contribution in [0.15, 0.2) is 15.5 Å². The number of nitrogens with zero attached hydrogens (tertiary/aromatic N) is 2. The quantitative estimate of drug-likeness (QED) is 0.894. The number of hydrogen-bond acceptors (Lipinski definition) is 3. The van der Waals surface area contributed by atoms with Crippen molar-refractivity contribution in [3.8, 4) is 0 Å². The van der Waals surface area contributed by atoms with E-state index in [-0.39, 0.29) is 11.6 Å². The molecule has 21 heavy (non-hydrogen) atoms. The summed E-state index contributed by atoms with van der Waals surface area (Å²) in [5.41, 5.74) is 0.766. The molecule has 116 valence electrons. The highest BCUT2D eigenvalue weighted by molar-refractivity contribution is 9.10. The monoisotopic (exact) mass is 353 g/mol. The van der Waals surface area contributed by atoms with Crippen LogP contribution in [-0.2, 0) is 0 Å². The first kappa shape index (κ1) is 15.1. The summed E-state index contributed by atoms with van der Waals surface area (Å²) in [5, 5.41) is 7.80. The van der Waals surface area contributed by atoms with Gasteiger partial charge in [0.2, 0.25) is 0 Å². The summed E-state index contributed by atoms with van der Waals surface area (Å²) >= 11 is 3.44. The minimum absolute atomic E-state index is 0.0601. The molecule has 0 amide bonds. The van der Waals surface area contributed by atoms with Crippen molar-refractivity contribution in [2.75, 3.05) is 5.32 Å². The summed E-state index contributed by atoms with van der Waals surface area (Å²) in [6, 6.07) is 0.471. The Balaban J connectivity index is 1.76. The Morgan fingerprint density at radius 2 is 2.10 bits per heavy atom. The SMILES string of the molecule is CC(Nc1cnn(C(C)C)c(=O)c1Br)C1CC2CCC1C2.